The lowest BCUT2D eigenvalue weighted by Crippen LogP contribution is -2.51. The van der Waals surface area contributed by atoms with E-state index < -0.39 is 0 Å². The molecule has 1 saturated heterocycles. The molecule has 1 fully saturated rings. The Labute approximate surface area is 103 Å². The lowest BCUT2D eigenvalue weighted by Gasteiger charge is -2.39. The topological polar surface area (TPSA) is 51.0 Å². The van der Waals surface area contributed by atoms with Crippen molar-refractivity contribution < 1.29 is 4.79 Å². The molecule has 0 saturated carbocycles. The first-order valence-corrected chi connectivity index (χ1v) is 6.41. The van der Waals surface area contributed by atoms with Gasteiger partial charge in [0.05, 0.1) is 5.56 Å². The number of carbonyl (C=O) groups is 1. The molecule has 1 aliphatic heterocycles. The van der Waals surface area contributed by atoms with Crippen molar-refractivity contribution in [2.75, 3.05) is 13.1 Å². The first kappa shape index (κ1) is 10.5. The molecule has 0 bridgehead atoms. The van der Waals surface area contributed by atoms with E-state index in [-0.39, 0.29) is 5.91 Å². The zero-order valence-corrected chi connectivity index (χ0v) is 10.0. The van der Waals surface area contributed by atoms with Gasteiger partial charge in [0.25, 0.3) is 5.91 Å². The summed E-state index contributed by atoms with van der Waals surface area (Å²) >= 11 is 1.55. The Morgan fingerprint density at radius 3 is 3.06 bits per heavy atom. The minimum absolute atomic E-state index is 0.140. The summed E-state index contributed by atoms with van der Waals surface area (Å²) < 4.78 is 1.82. The molecule has 0 aromatic carbocycles. The van der Waals surface area contributed by atoms with Gasteiger partial charge in [0.2, 0.25) is 0 Å². The fourth-order valence-electron chi connectivity index (χ4n) is 2.01. The van der Waals surface area contributed by atoms with Crippen molar-refractivity contribution in [3.63, 3.8) is 0 Å². The highest BCUT2D eigenvalue weighted by Gasteiger charge is 2.31. The second-order valence-electron chi connectivity index (χ2n) is 4.21. The predicted octanol–water partition coefficient (Wildman–Crippen LogP) is 1.11. The van der Waals surface area contributed by atoms with E-state index in [9.17, 15) is 4.79 Å². The summed E-state index contributed by atoms with van der Waals surface area (Å²) in [6, 6.07) is 1.87. The SMILES string of the molecule is O=C(c1ccsc1)N1CC(Cn2cncn2)C1. The van der Waals surface area contributed by atoms with Gasteiger partial charge in [-0.15, -0.1) is 0 Å². The number of carbonyl (C=O) groups excluding carboxylic acids is 1. The zero-order valence-electron chi connectivity index (χ0n) is 9.19. The monoisotopic (exact) mass is 248 g/mol. The van der Waals surface area contributed by atoms with Crippen LogP contribution in [0.25, 0.3) is 0 Å². The van der Waals surface area contributed by atoms with Gasteiger partial charge >= 0.3 is 0 Å². The summed E-state index contributed by atoms with van der Waals surface area (Å²) in [6.45, 7) is 2.47. The molecule has 2 aromatic heterocycles. The van der Waals surface area contributed by atoms with E-state index in [2.05, 4.69) is 10.1 Å². The molecular weight excluding hydrogens is 236 g/mol. The number of hydrogen-bond donors (Lipinski definition) is 0. The molecule has 1 amide bonds. The normalized spacial score (nSPS) is 15.9. The van der Waals surface area contributed by atoms with Crippen LogP contribution in [0.3, 0.4) is 0 Å². The Morgan fingerprint density at radius 2 is 2.41 bits per heavy atom. The molecule has 2 aromatic rings. The Morgan fingerprint density at radius 1 is 1.53 bits per heavy atom. The van der Waals surface area contributed by atoms with Crippen molar-refractivity contribution >= 4 is 17.2 Å². The highest BCUT2D eigenvalue weighted by molar-refractivity contribution is 7.08. The van der Waals surface area contributed by atoms with Gasteiger partial charge in [-0.05, 0) is 11.4 Å². The molecule has 6 heteroatoms. The van der Waals surface area contributed by atoms with Crippen LogP contribution in [-0.4, -0.2) is 38.7 Å². The molecule has 0 spiro atoms. The molecule has 0 aliphatic carbocycles. The maximum Gasteiger partial charge on any atom is 0.254 e. The van der Waals surface area contributed by atoms with E-state index in [1.165, 1.54) is 6.33 Å². The van der Waals surface area contributed by atoms with Crippen LogP contribution in [0.15, 0.2) is 29.5 Å². The summed E-state index contributed by atoms with van der Waals surface area (Å²) in [5, 5.41) is 7.89. The van der Waals surface area contributed by atoms with E-state index >= 15 is 0 Å². The van der Waals surface area contributed by atoms with E-state index in [0.717, 1.165) is 25.2 Å². The van der Waals surface area contributed by atoms with Gasteiger partial charge in [0.1, 0.15) is 12.7 Å². The van der Waals surface area contributed by atoms with Gasteiger partial charge < -0.3 is 4.90 Å². The second kappa shape index (κ2) is 4.29. The smallest absolute Gasteiger partial charge is 0.254 e. The third-order valence-corrected chi connectivity index (χ3v) is 3.61. The number of rotatable bonds is 3. The van der Waals surface area contributed by atoms with Crippen LogP contribution in [0, 0.1) is 5.92 Å². The molecule has 3 heterocycles. The average molecular weight is 248 g/mol. The predicted molar refractivity (Wildman–Crippen MR) is 63.7 cm³/mol. The molecule has 88 valence electrons. The van der Waals surface area contributed by atoms with Crippen LogP contribution in [0.2, 0.25) is 0 Å². The standard InChI is InChI=1S/C11H12N4OS/c16-11(10-1-2-17-6-10)14-3-9(4-14)5-15-8-12-7-13-15/h1-2,6-9H,3-5H2. The number of thiophene rings is 1. The first-order valence-electron chi connectivity index (χ1n) is 5.47. The lowest BCUT2D eigenvalue weighted by atomic mass is 9.99. The van der Waals surface area contributed by atoms with Crippen molar-refractivity contribution in [1.82, 2.24) is 19.7 Å². The Hall–Kier alpha value is -1.69. The zero-order chi connectivity index (χ0) is 11.7. The van der Waals surface area contributed by atoms with Crippen molar-refractivity contribution in [1.29, 1.82) is 0 Å². The van der Waals surface area contributed by atoms with Crippen molar-refractivity contribution in [3.8, 4) is 0 Å². The molecule has 0 atom stereocenters. The summed E-state index contributed by atoms with van der Waals surface area (Å²) in [6.07, 6.45) is 3.25. The molecule has 0 unspecified atom stereocenters. The fraction of sp³-hybridized carbons (Fsp3) is 0.364. The first-order chi connectivity index (χ1) is 8.33. The summed E-state index contributed by atoms with van der Waals surface area (Å²) in [7, 11) is 0. The molecule has 1 aliphatic rings. The number of hydrogen-bond acceptors (Lipinski definition) is 4. The van der Waals surface area contributed by atoms with Crippen LogP contribution in [0.5, 0.6) is 0 Å². The van der Waals surface area contributed by atoms with Crippen LogP contribution < -0.4 is 0 Å². The van der Waals surface area contributed by atoms with Crippen molar-refractivity contribution in [2.45, 2.75) is 6.54 Å². The Bertz CT molecular complexity index is 488. The van der Waals surface area contributed by atoms with Gasteiger partial charge in [-0.3, -0.25) is 9.48 Å². The van der Waals surface area contributed by atoms with Crippen LogP contribution >= 0.6 is 11.3 Å². The molecule has 0 radical (unpaired) electrons. The van der Waals surface area contributed by atoms with Gasteiger partial charge in [-0.25, -0.2) is 4.98 Å². The largest absolute Gasteiger partial charge is 0.338 e. The number of likely N-dealkylation sites (tertiary alicyclic amines) is 1. The molecule has 17 heavy (non-hydrogen) atoms. The minimum atomic E-state index is 0.140. The maximum absolute atomic E-state index is 11.9. The van der Waals surface area contributed by atoms with Gasteiger partial charge in [0.15, 0.2) is 0 Å². The summed E-state index contributed by atoms with van der Waals surface area (Å²) in [5.74, 6) is 0.639. The maximum atomic E-state index is 11.9. The van der Waals surface area contributed by atoms with Gasteiger partial charge in [-0.1, -0.05) is 0 Å². The van der Waals surface area contributed by atoms with Gasteiger partial charge in [-0.2, -0.15) is 16.4 Å². The number of aromatic nitrogens is 3. The third kappa shape index (κ3) is 2.08. The average Bonchev–Trinajstić information content (AvgIpc) is 2.94. The highest BCUT2D eigenvalue weighted by Crippen LogP contribution is 2.20. The molecule has 5 nitrogen and oxygen atoms in total. The lowest BCUT2D eigenvalue weighted by molar-refractivity contribution is 0.0462. The van der Waals surface area contributed by atoms with Crippen LogP contribution in [-0.2, 0) is 6.54 Å². The quantitative estimate of drug-likeness (QED) is 0.817. The third-order valence-electron chi connectivity index (χ3n) is 2.92. The van der Waals surface area contributed by atoms with Crippen LogP contribution in [0.1, 0.15) is 10.4 Å². The number of nitrogens with zero attached hydrogens (tertiary/aromatic N) is 4. The molecule has 0 N–H and O–H groups in total. The molecule has 3 rings (SSSR count). The minimum Gasteiger partial charge on any atom is -0.338 e. The van der Waals surface area contributed by atoms with E-state index in [0.29, 0.717) is 5.92 Å². The number of amides is 1. The summed E-state index contributed by atoms with van der Waals surface area (Å²) in [5.41, 5.74) is 0.800. The Kier molecular flexibility index (Phi) is 2.64. The highest BCUT2D eigenvalue weighted by atomic mass is 32.1. The van der Waals surface area contributed by atoms with Gasteiger partial charge in [0, 0.05) is 30.9 Å². The van der Waals surface area contributed by atoms with E-state index in [1.807, 2.05) is 26.4 Å². The van der Waals surface area contributed by atoms with Crippen molar-refractivity contribution in [2.24, 2.45) is 5.92 Å². The van der Waals surface area contributed by atoms with E-state index in [4.69, 9.17) is 0 Å². The van der Waals surface area contributed by atoms with Crippen molar-refractivity contribution in [3.05, 3.63) is 35.0 Å². The van der Waals surface area contributed by atoms with E-state index in [1.54, 1.807) is 17.7 Å². The fourth-order valence-corrected chi connectivity index (χ4v) is 2.64. The second-order valence-corrected chi connectivity index (χ2v) is 4.99. The summed E-state index contributed by atoms with van der Waals surface area (Å²) in [4.78, 5) is 17.7. The Balaban J connectivity index is 1.53. The molecular formula is C11H12N4OS. The van der Waals surface area contributed by atoms with Crippen LogP contribution in [0.4, 0.5) is 0 Å².